The minimum Gasteiger partial charge on any atom is -0.310 e. The predicted molar refractivity (Wildman–Crippen MR) is 58.6 cm³/mol. The van der Waals surface area contributed by atoms with E-state index >= 15 is 0 Å². The summed E-state index contributed by atoms with van der Waals surface area (Å²) in [6.45, 7) is 0. The highest BCUT2D eigenvalue weighted by Gasteiger charge is 2.35. The molecule has 0 aliphatic heterocycles. The summed E-state index contributed by atoms with van der Waals surface area (Å²) in [5.74, 6) is -1.14. The second-order valence-electron chi connectivity index (χ2n) is 3.37. The lowest BCUT2D eigenvalue weighted by Gasteiger charge is -1.98. The van der Waals surface area contributed by atoms with E-state index in [1.165, 1.54) is 0 Å². The number of alkyl halides is 3. The van der Waals surface area contributed by atoms with Gasteiger partial charge in [0.25, 0.3) is 5.56 Å². The van der Waals surface area contributed by atoms with E-state index in [-0.39, 0.29) is 16.6 Å². The Morgan fingerprint density at radius 3 is 2.58 bits per heavy atom. The van der Waals surface area contributed by atoms with Crippen molar-refractivity contribution in [2.24, 2.45) is 0 Å². The topological polar surface area (TPSA) is 107 Å². The van der Waals surface area contributed by atoms with Crippen LogP contribution in [0, 0.1) is 0 Å². The second-order valence-corrected chi connectivity index (χ2v) is 4.31. The maximum absolute atomic E-state index is 12.2. The van der Waals surface area contributed by atoms with E-state index in [1.54, 1.807) is 5.10 Å². The number of nitrogens with one attached hydrogen (secondary N) is 3. The molecule has 0 unspecified atom stereocenters. The third-order valence-electron chi connectivity index (χ3n) is 1.91. The van der Waals surface area contributed by atoms with Crippen molar-refractivity contribution in [3.63, 3.8) is 0 Å². The highest BCUT2D eigenvalue weighted by atomic mass is 32.2. The molecule has 0 saturated heterocycles. The molecule has 7 nitrogen and oxygen atoms in total. The van der Waals surface area contributed by atoms with Gasteiger partial charge in [-0.2, -0.15) is 18.2 Å². The molecule has 0 amide bonds. The Balaban J connectivity index is 2.08. The molecular formula is C8H6F3N5O2S. The average Bonchev–Trinajstić information content (AvgIpc) is 2.73. The predicted octanol–water partition coefficient (Wildman–Crippen LogP) is 0.492. The number of thioether (sulfide) groups is 1. The van der Waals surface area contributed by atoms with Crippen LogP contribution in [-0.2, 0) is 11.9 Å². The van der Waals surface area contributed by atoms with Gasteiger partial charge >= 0.3 is 11.9 Å². The Kier molecular flexibility index (Phi) is 3.46. The monoisotopic (exact) mass is 293 g/mol. The summed E-state index contributed by atoms with van der Waals surface area (Å²) < 4.78 is 36.7. The number of H-pyrrole nitrogens is 3. The standard InChI is InChI=1S/C8H6F3N5O2S/c9-8(10,11)5-14-7(16-15-5)19-2-3-1-4(17)13-6(18)12-3/h1H,2H2,(H,14,15,16)(H2,12,13,17,18). The van der Waals surface area contributed by atoms with Crippen LogP contribution in [0.4, 0.5) is 13.2 Å². The van der Waals surface area contributed by atoms with Crippen LogP contribution >= 0.6 is 11.8 Å². The molecule has 0 radical (unpaired) electrons. The van der Waals surface area contributed by atoms with Gasteiger partial charge in [0.05, 0.1) is 0 Å². The average molecular weight is 293 g/mol. The van der Waals surface area contributed by atoms with Gasteiger partial charge in [-0.25, -0.2) is 4.79 Å². The van der Waals surface area contributed by atoms with Gasteiger partial charge < -0.3 is 4.98 Å². The van der Waals surface area contributed by atoms with Gasteiger partial charge in [-0.15, -0.1) is 5.10 Å². The maximum atomic E-state index is 12.2. The van der Waals surface area contributed by atoms with Crippen LogP contribution in [0.1, 0.15) is 11.5 Å². The van der Waals surface area contributed by atoms with Gasteiger partial charge in [0.1, 0.15) is 0 Å². The van der Waals surface area contributed by atoms with E-state index < -0.39 is 23.2 Å². The Labute approximate surface area is 106 Å². The molecule has 2 aromatic heterocycles. The fraction of sp³-hybridized carbons (Fsp3) is 0.250. The first-order chi connectivity index (χ1) is 8.84. The molecule has 0 spiro atoms. The first-order valence-electron chi connectivity index (χ1n) is 4.79. The minimum atomic E-state index is -4.59. The number of aromatic amines is 3. The summed E-state index contributed by atoms with van der Waals surface area (Å²) in [5, 5.41) is 5.00. The van der Waals surface area contributed by atoms with Crippen molar-refractivity contribution < 1.29 is 13.2 Å². The number of hydrogen-bond acceptors (Lipinski definition) is 5. The van der Waals surface area contributed by atoms with Crippen molar-refractivity contribution in [1.82, 2.24) is 25.1 Å². The zero-order chi connectivity index (χ0) is 14.0. The first kappa shape index (κ1) is 13.4. The molecule has 0 atom stereocenters. The summed E-state index contributed by atoms with van der Waals surface area (Å²) in [6.07, 6.45) is -4.59. The van der Waals surface area contributed by atoms with Crippen LogP contribution in [0.3, 0.4) is 0 Å². The SMILES string of the molecule is O=c1cc(CSc2n[nH]c(C(F)(F)F)n2)[nH]c(=O)[nH]1. The molecule has 3 N–H and O–H groups in total. The summed E-state index contributed by atoms with van der Waals surface area (Å²) in [5.41, 5.74) is -1.02. The molecule has 2 aromatic rings. The highest BCUT2D eigenvalue weighted by Crippen LogP contribution is 2.27. The normalized spacial score (nSPS) is 11.7. The van der Waals surface area contributed by atoms with Gasteiger partial charge in [0.2, 0.25) is 11.0 Å². The molecule has 0 saturated carbocycles. The summed E-state index contributed by atoms with van der Waals surface area (Å²) in [6, 6.07) is 1.13. The van der Waals surface area contributed by atoms with Crippen molar-refractivity contribution in [3.05, 3.63) is 38.4 Å². The number of aromatic nitrogens is 5. The lowest BCUT2D eigenvalue weighted by Crippen LogP contribution is -2.22. The number of halogens is 3. The summed E-state index contributed by atoms with van der Waals surface area (Å²) in [4.78, 5) is 29.5. The number of rotatable bonds is 3. The van der Waals surface area contributed by atoms with E-state index in [0.717, 1.165) is 17.8 Å². The first-order valence-corrected chi connectivity index (χ1v) is 5.78. The van der Waals surface area contributed by atoms with Crippen LogP contribution in [0.5, 0.6) is 0 Å². The minimum absolute atomic E-state index is 0.0638. The van der Waals surface area contributed by atoms with Gasteiger partial charge in [0, 0.05) is 17.5 Å². The Hall–Kier alpha value is -2.04. The van der Waals surface area contributed by atoms with Crippen molar-refractivity contribution in [1.29, 1.82) is 0 Å². The lowest BCUT2D eigenvalue weighted by atomic mass is 10.5. The van der Waals surface area contributed by atoms with Crippen LogP contribution in [0.25, 0.3) is 0 Å². The summed E-state index contributed by atoms with van der Waals surface area (Å²) in [7, 11) is 0. The zero-order valence-corrected chi connectivity index (χ0v) is 9.85. The van der Waals surface area contributed by atoms with Crippen molar-refractivity contribution in [3.8, 4) is 0 Å². The third-order valence-corrected chi connectivity index (χ3v) is 2.80. The van der Waals surface area contributed by atoms with Gasteiger partial charge in [-0.1, -0.05) is 11.8 Å². The largest absolute Gasteiger partial charge is 0.451 e. The van der Waals surface area contributed by atoms with E-state index in [9.17, 15) is 22.8 Å². The fourth-order valence-electron chi connectivity index (χ4n) is 1.18. The molecule has 102 valence electrons. The van der Waals surface area contributed by atoms with Crippen molar-refractivity contribution in [2.45, 2.75) is 17.1 Å². The molecular weight excluding hydrogens is 287 g/mol. The maximum Gasteiger partial charge on any atom is 0.451 e. The molecule has 0 aliphatic carbocycles. The molecule has 0 aliphatic rings. The van der Waals surface area contributed by atoms with Crippen LogP contribution < -0.4 is 11.2 Å². The van der Waals surface area contributed by atoms with Crippen LogP contribution in [0.2, 0.25) is 0 Å². The van der Waals surface area contributed by atoms with Crippen molar-refractivity contribution >= 4 is 11.8 Å². The molecule has 19 heavy (non-hydrogen) atoms. The Bertz CT molecular complexity index is 660. The fourth-order valence-corrected chi connectivity index (χ4v) is 1.88. The van der Waals surface area contributed by atoms with E-state index in [2.05, 4.69) is 15.1 Å². The molecule has 0 aromatic carbocycles. The Morgan fingerprint density at radius 1 is 1.26 bits per heavy atom. The van der Waals surface area contributed by atoms with Gasteiger partial charge in [-0.3, -0.25) is 14.9 Å². The quantitative estimate of drug-likeness (QED) is 0.714. The number of nitrogens with zero attached hydrogens (tertiary/aromatic N) is 2. The van der Waals surface area contributed by atoms with Crippen LogP contribution in [0.15, 0.2) is 20.8 Å². The lowest BCUT2D eigenvalue weighted by molar-refractivity contribution is -0.144. The van der Waals surface area contributed by atoms with Gasteiger partial charge in [-0.05, 0) is 0 Å². The third kappa shape index (κ3) is 3.47. The molecule has 0 bridgehead atoms. The van der Waals surface area contributed by atoms with Crippen LogP contribution in [-0.4, -0.2) is 25.1 Å². The smallest absolute Gasteiger partial charge is 0.310 e. The Morgan fingerprint density at radius 2 is 2.00 bits per heavy atom. The molecule has 2 rings (SSSR count). The van der Waals surface area contributed by atoms with Gasteiger partial charge in [0.15, 0.2) is 0 Å². The van der Waals surface area contributed by atoms with E-state index in [0.29, 0.717) is 0 Å². The van der Waals surface area contributed by atoms with E-state index in [1.807, 2.05) is 4.98 Å². The van der Waals surface area contributed by atoms with E-state index in [4.69, 9.17) is 0 Å². The molecule has 2 heterocycles. The highest BCUT2D eigenvalue weighted by molar-refractivity contribution is 7.98. The second kappa shape index (κ2) is 4.91. The molecule has 11 heteroatoms. The summed E-state index contributed by atoms with van der Waals surface area (Å²) >= 11 is 0.851. The molecule has 0 fully saturated rings. The zero-order valence-electron chi connectivity index (χ0n) is 9.04. The number of hydrogen-bond donors (Lipinski definition) is 3. The van der Waals surface area contributed by atoms with Crippen molar-refractivity contribution in [2.75, 3.05) is 0 Å².